The van der Waals surface area contributed by atoms with Crippen molar-refractivity contribution in [2.45, 2.75) is 11.1 Å². The Bertz CT molecular complexity index is 319. The van der Waals surface area contributed by atoms with Gasteiger partial charge in [0.2, 0.25) is 0 Å². The third-order valence-corrected chi connectivity index (χ3v) is 2.34. The lowest BCUT2D eigenvalue weighted by atomic mass is 10.4. The van der Waals surface area contributed by atoms with Crippen LogP contribution in [0.25, 0.3) is 0 Å². The predicted molar refractivity (Wildman–Crippen MR) is 51.4 cm³/mol. The summed E-state index contributed by atoms with van der Waals surface area (Å²) in [6, 6.07) is 1.62. The first-order valence-corrected chi connectivity index (χ1v) is 4.94. The van der Waals surface area contributed by atoms with Gasteiger partial charge in [-0.25, -0.2) is 0 Å². The van der Waals surface area contributed by atoms with Gasteiger partial charge in [-0.15, -0.1) is 0 Å². The van der Waals surface area contributed by atoms with Crippen LogP contribution in [0, 0.1) is 0 Å². The van der Waals surface area contributed by atoms with Gasteiger partial charge in [0.1, 0.15) is 6.61 Å². The van der Waals surface area contributed by atoms with Crippen molar-refractivity contribution in [2.75, 3.05) is 18.3 Å². The minimum absolute atomic E-state index is 0.0896. The Morgan fingerprint density at radius 3 is 2.80 bits per heavy atom. The average molecular weight is 238 g/mol. The van der Waals surface area contributed by atoms with Crippen LogP contribution in [0.1, 0.15) is 0 Å². The molecule has 0 saturated carbocycles. The number of nitrogen functional groups attached to an aromatic ring is 1. The lowest BCUT2D eigenvalue weighted by Crippen LogP contribution is -2.16. The summed E-state index contributed by atoms with van der Waals surface area (Å²) in [6.07, 6.45) is -1.33. The third kappa shape index (κ3) is 4.89. The number of rotatable bonds is 4. The van der Waals surface area contributed by atoms with Crippen LogP contribution in [-0.4, -0.2) is 23.7 Å². The molecule has 0 fully saturated rings. The number of thioether (sulfide) groups is 1. The lowest BCUT2D eigenvalue weighted by Gasteiger charge is -2.07. The quantitative estimate of drug-likeness (QED) is 0.496. The first-order chi connectivity index (χ1) is 6.99. The monoisotopic (exact) mass is 238 g/mol. The van der Waals surface area contributed by atoms with Crippen LogP contribution in [-0.2, 0) is 4.74 Å². The first kappa shape index (κ1) is 12.1. The Labute approximate surface area is 88.8 Å². The van der Waals surface area contributed by atoms with Gasteiger partial charge in [-0.1, -0.05) is 11.8 Å². The number of alkyl halides is 3. The molecule has 0 amide bonds. The summed E-state index contributed by atoms with van der Waals surface area (Å²) >= 11 is 1.10. The molecule has 3 nitrogen and oxygen atoms in total. The first-order valence-electron chi connectivity index (χ1n) is 3.96. The smallest absolute Gasteiger partial charge is 0.397 e. The summed E-state index contributed by atoms with van der Waals surface area (Å²) in [7, 11) is 0. The van der Waals surface area contributed by atoms with E-state index in [1.807, 2.05) is 0 Å². The van der Waals surface area contributed by atoms with E-state index in [4.69, 9.17) is 5.73 Å². The number of halogens is 3. The molecule has 0 saturated heterocycles. The fourth-order valence-electron chi connectivity index (χ4n) is 0.788. The van der Waals surface area contributed by atoms with Gasteiger partial charge >= 0.3 is 6.18 Å². The van der Waals surface area contributed by atoms with Gasteiger partial charge in [-0.05, 0) is 6.07 Å². The van der Waals surface area contributed by atoms with Crippen molar-refractivity contribution in [1.82, 2.24) is 4.98 Å². The summed E-state index contributed by atoms with van der Waals surface area (Å²) in [5.74, 6) is -0.0896. The van der Waals surface area contributed by atoms with E-state index in [-0.39, 0.29) is 5.94 Å². The number of ether oxygens (including phenoxy) is 1. The standard InChI is InChI=1S/C8H9F3N2OS/c9-8(10,11)4-14-5-15-7-1-2-13-3-6(7)12/h1-3H,4-5,12H2. The van der Waals surface area contributed by atoms with E-state index >= 15 is 0 Å². The maximum atomic E-state index is 11.7. The minimum atomic E-state index is -4.29. The van der Waals surface area contributed by atoms with Gasteiger partial charge in [0, 0.05) is 11.1 Å². The normalized spacial score (nSPS) is 11.7. The molecule has 0 aliphatic carbocycles. The molecule has 1 aromatic rings. The number of nitrogens with two attached hydrogens (primary N) is 1. The zero-order valence-corrected chi connectivity index (χ0v) is 8.44. The van der Waals surface area contributed by atoms with Gasteiger partial charge in [0.15, 0.2) is 0 Å². The molecule has 0 aliphatic rings. The summed E-state index contributed by atoms with van der Waals surface area (Å²) in [5, 5.41) is 0. The topological polar surface area (TPSA) is 48.1 Å². The summed E-state index contributed by atoms with van der Waals surface area (Å²) in [5.41, 5.74) is 5.96. The number of aromatic nitrogens is 1. The molecule has 1 rings (SSSR count). The molecule has 0 bridgehead atoms. The van der Waals surface area contributed by atoms with E-state index in [9.17, 15) is 13.2 Å². The maximum Gasteiger partial charge on any atom is 0.411 e. The molecule has 15 heavy (non-hydrogen) atoms. The van der Waals surface area contributed by atoms with Crippen molar-refractivity contribution in [1.29, 1.82) is 0 Å². The van der Waals surface area contributed by atoms with Crippen molar-refractivity contribution in [2.24, 2.45) is 0 Å². The second kappa shape index (κ2) is 5.22. The van der Waals surface area contributed by atoms with E-state index in [1.54, 1.807) is 6.07 Å². The maximum absolute atomic E-state index is 11.7. The van der Waals surface area contributed by atoms with Crippen LogP contribution < -0.4 is 5.73 Å². The summed E-state index contributed by atoms with van der Waals surface area (Å²) in [6.45, 7) is -1.25. The van der Waals surface area contributed by atoms with E-state index in [0.717, 1.165) is 11.8 Å². The van der Waals surface area contributed by atoms with E-state index < -0.39 is 12.8 Å². The molecule has 0 radical (unpaired) electrons. The number of anilines is 1. The Morgan fingerprint density at radius 2 is 2.20 bits per heavy atom. The van der Waals surface area contributed by atoms with Crippen LogP contribution in [0.4, 0.5) is 18.9 Å². The Kier molecular flexibility index (Phi) is 4.22. The highest BCUT2D eigenvalue weighted by molar-refractivity contribution is 7.99. The highest BCUT2D eigenvalue weighted by Gasteiger charge is 2.27. The number of nitrogens with zero attached hydrogens (tertiary/aromatic N) is 1. The van der Waals surface area contributed by atoms with Gasteiger partial charge in [-0.3, -0.25) is 4.98 Å². The summed E-state index contributed by atoms with van der Waals surface area (Å²) in [4.78, 5) is 4.41. The average Bonchev–Trinajstić information content (AvgIpc) is 2.13. The molecule has 84 valence electrons. The zero-order valence-electron chi connectivity index (χ0n) is 7.62. The molecule has 1 aromatic heterocycles. The van der Waals surface area contributed by atoms with Crippen molar-refractivity contribution >= 4 is 17.4 Å². The van der Waals surface area contributed by atoms with Crippen LogP contribution >= 0.6 is 11.8 Å². The van der Waals surface area contributed by atoms with Crippen molar-refractivity contribution in [3.8, 4) is 0 Å². The van der Waals surface area contributed by atoms with Crippen LogP contribution in [0.2, 0.25) is 0 Å². The second-order valence-electron chi connectivity index (χ2n) is 2.64. The Hall–Kier alpha value is -0.950. The third-order valence-electron chi connectivity index (χ3n) is 1.37. The van der Waals surface area contributed by atoms with Crippen LogP contribution in [0.15, 0.2) is 23.4 Å². The molecule has 1 heterocycles. The van der Waals surface area contributed by atoms with Gasteiger partial charge in [0.25, 0.3) is 0 Å². The number of hydrogen-bond donors (Lipinski definition) is 1. The van der Waals surface area contributed by atoms with Gasteiger partial charge < -0.3 is 10.5 Å². The SMILES string of the molecule is Nc1cnccc1SCOCC(F)(F)F. The van der Waals surface area contributed by atoms with Crippen molar-refractivity contribution in [3.63, 3.8) is 0 Å². The minimum Gasteiger partial charge on any atom is -0.397 e. The largest absolute Gasteiger partial charge is 0.411 e. The predicted octanol–water partition coefficient (Wildman–Crippen LogP) is 2.29. The molecule has 0 aliphatic heterocycles. The zero-order chi connectivity index (χ0) is 11.3. The molecular formula is C8H9F3N2OS. The van der Waals surface area contributed by atoms with Gasteiger partial charge in [0.05, 0.1) is 17.8 Å². The van der Waals surface area contributed by atoms with E-state index in [1.165, 1.54) is 12.4 Å². The molecule has 0 atom stereocenters. The van der Waals surface area contributed by atoms with Crippen LogP contribution in [0.3, 0.4) is 0 Å². The fraction of sp³-hybridized carbons (Fsp3) is 0.375. The van der Waals surface area contributed by atoms with Crippen molar-refractivity contribution < 1.29 is 17.9 Å². The molecule has 0 unspecified atom stereocenters. The molecule has 0 spiro atoms. The highest BCUT2D eigenvalue weighted by atomic mass is 32.2. The van der Waals surface area contributed by atoms with E-state index in [0.29, 0.717) is 10.6 Å². The van der Waals surface area contributed by atoms with Gasteiger partial charge in [-0.2, -0.15) is 13.2 Å². The second-order valence-corrected chi connectivity index (χ2v) is 3.60. The number of pyridine rings is 1. The molecular weight excluding hydrogens is 229 g/mol. The van der Waals surface area contributed by atoms with E-state index in [2.05, 4.69) is 9.72 Å². The Balaban J connectivity index is 2.30. The molecule has 2 N–H and O–H groups in total. The fourth-order valence-corrected chi connectivity index (χ4v) is 1.46. The summed E-state index contributed by atoms with van der Waals surface area (Å²) < 4.78 is 39.5. The van der Waals surface area contributed by atoms with Crippen molar-refractivity contribution in [3.05, 3.63) is 18.5 Å². The van der Waals surface area contributed by atoms with Crippen LogP contribution in [0.5, 0.6) is 0 Å². The lowest BCUT2D eigenvalue weighted by molar-refractivity contribution is -0.168. The highest BCUT2D eigenvalue weighted by Crippen LogP contribution is 2.24. The molecule has 0 aromatic carbocycles. The number of hydrogen-bond acceptors (Lipinski definition) is 4. The molecule has 7 heteroatoms. The Morgan fingerprint density at radius 1 is 1.47 bits per heavy atom.